The third-order valence-electron chi connectivity index (χ3n) is 3.72. The smallest absolute Gasteiger partial charge is 0.243 e. The van der Waals surface area contributed by atoms with Crippen LogP contribution < -0.4 is 0 Å². The SMILES string of the molecule is C=CC(=N/C(=C/C=C(\C)[N+](=O)[O-])C(=C)CC)N(CC)CCCN(C)C. The van der Waals surface area contributed by atoms with Gasteiger partial charge < -0.3 is 9.80 Å². The number of hydrogen-bond acceptors (Lipinski definition) is 4. The summed E-state index contributed by atoms with van der Waals surface area (Å²) in [6, 6.07) is 0. The largest absolute Gasteiger partial charge is 0.357 e. The first-order chi connectivity index (χ1) is 11.8. The fraction of sp³-hybridized carbons (Fsp3) is 0.526. The number of amidine groups is 1. The molecular formula is C19H32N4O2. The highest BCUT2D eigenvalue weighted by Crippen LogP contribution is 2.15. The van der Waals surface area contributed by atoms with Gasteiger partial charge in [-0.1, -0.05) is 20.1 Å². The summed E-state index contributed by atoms with van der Waals surface area (Å²) in [4.78, 5) is 19.3. The van der Waals surface area contributed by atoms with E-state index in [0.717, 1.165) is 43.9 Å². The van der Waals surface area contributed by atoms with Crippen molar-refractivity contribution < 1.29 is 4.92 Å². The first kappa shape index (κ1) is 22.8. The number of nitro groups is 1. The van der Waals surface area contributed by atoms with Crippen LogP contribution in [0.3, 0.4) is 0 Å². The second-order valence-corrected chi connectivity index (χ2v) is 5.98. The molecule has 6 nitrogen and oxygen atoms in total. The minimum absolute atomic E-state index is 0.0649. The van der Waals surface area contributed by atoms with Gasteiger partial charge in [-0.25, -0.2) is 4.99 Å². The Labute approximate surface area is 152 Å². The van der Waals surface area contributed by atoms with Crippen LogP contribution >= 0.6 is 0 Å². The molecule has 0 aliphatic rings. The Kier molecular flexibility index (Phi) is 11.1. The average Bonchev–Trinajstić information content (AvgIpc) is 2.58. The molecule has 0 amide bonds. The molecule has 0 radical (unpaired) electrons. The predicted molar refractivity (Wildman–Crippen MR) is 106 cm³/mol. The summed E-state index contributed by atoms with van der Waals surface area (Å²) < 4.78 is 0. The van der Waals surface area contributed by atoms with Crippen LogP contribution in [-0.2, 0) is 0 Å². The van der Waals surface area contributed by atoms with Crippen molar-refractivity contribution >= 4 is 5.84 Å². The summed E-state index contributed by atoms with van der Waals surface area (Å²) in [5.74, 6) is 0.759. The summed E-state index contributed by atoms with van der Waals surface area (Å²) in [6.07, 6.45) is 6.57. The molecule has 0 aromatic carbocycles. The average molecular weight is 348 g/mol. The number of nitrogens with zero attached hydrogens (tertiary/aromatic N) is 4. The molecule has 0 unspecified atom stereocenters. The molecule has 0 rings (SSSR count). The zero-order valence-electron chi connectivity index (χ0n) is 16.3. The molecule has 0 aliphatic heterocycles. The lowest BCUT2D eigenvalue weighted by molar-refractivity contribution is -0.424. The van der Waals surface area contributed by atoms with E-state index in [2.05, 4.69) is 49.0 Å². The molecule has 0 saturated carbocycles. The molecule has 0 aliphatic carbocycles. The van der Waals surface area contributed by atoms with Crippen molar-refractivity contribution in [3.63, 3.8) is 0 Å². The molecule has 0 heterocycles. The zero-order chi connectivity index (χ0) is 19.4. The van der Waals surface area contributed by atoms with Gasteiger partial charge in [-0.15, -0.1) is 0 Å². The summed E-state index contributed by atoms with van der Waals surface area (Å²) in [7, 11) is 4.10. The van der Waals surface area contributed by atoms with E-state index in [4.69, 9.17) is 0 Å². The van der Waals surface area contributed by atoms with Gasteiger partial charge in [-0.05, 0) is 58.1 Å². The summed E-state index contributed by atoms with van der Waals surface area (Å²) in [6.45, 7) is 16.1. The monoisotopic (exact) mass is 348 g/mol. The van der Waals surface area contributed by atoms with Crippen LogP contribution in [0.4, 0.5) is 0 Å². The maximum atomic E-state index is 10.8. The van der Waals surface area contributed by atoms with Crippen LogP contribution in [0, 0.1) is 10.1 Å². The fourth-order valence-electron chi connectivity index (χ4n) is 2.06. The highest BCUT2D eigenvalue weighted by molar-refractivity contribution is 5.93. The summed E-state index contributed by atoms with van der Waals surface area (Å²) in [5, 5.41) is 10.8. The number of rotatable bonds is 11. The van der Waals surface area contributed by atoms with E-state index in [-0.39, 0.29) is 5.70 Å². The van der Waals surface area contributed by atoms with Gasteiger partial charge in [0.15, 0.2) is 0 Å². The Bertz CT molecular complexity index is 560. The minimum Gasteiger partial charge on any atom is -0.357 e. The van der Waals surface area contributed by atoms with Gasteiger partial charge >= 0.3 is 0 Å². The molecule has 0 aromatic rings. The number of likely N-dealkylation sites (N-methyl/N-ethyl adjacent to an activating group) is 1. The van der Waals surface area contributed by atoms with Crippen LogP contribution in [0.15, 0.2) is 53.3 Å². The Balaban J connectivity index is 5.55. The van der Waals surface area contributed by atoms with Crippen molar-refractivity contribution in [3.8, 4) is 0 Å². The second kappa shape index (κ2) is 12.2. The van der Waals surface area contributed by atoms with Crippen molar-refractivity contribution in [2.24, 2.45) is 4.99 Å². The minimum atomic E-state index is -0.416. The quantitative estimate of drug-likeness (QED) is 0.187. The molecular weight excluding hydrogens is 316 g/mol. The molecule has 25 heavy (non-hydrogen) atoms. The van der Waals surface area contributed by atoms with Crippen LogP contribution in [0.25, 0.3) is 0 Å². The highest BCUT2D eigenvalue weighted by atomic mass is 16.6. The Morgan fingerprint density at radius 1 is 1.24 bits per heavy atom. The van der Waals surface area contributed by atoms with Gasteiger partial charge in [-0.3, -0.25) is 10.1 Å². The van der Waals surface area contributed by atoms with Crippen molar-refractivity contribution in [2.75, 3.05) is 33.7 Å². The molecule has 0 atom stereocenters. The second-order valence-electron chi connectivity index (χ2n) is 5.98. The molecule has 0 fully saturated rings. The van der Waals surface area contributed by atoms with E-state index < -0.39 is 4.92 Å². The lowest BCUT2D eigenvalue weighted by atomic mass is 10.1. The van der Waals surface area contributed by atoms with Gasteiger partial charge in [0.25, 0.3) is 0 Å². The van der Waals surface area contributed by atoms with Crippen molar-refractivity contribution in [1.29, 1.82) is 0 Å². The normalized spacial score (nSPS) is 13.1. The highest BCUT2D eigenvalue weighted by Gasteiger charge is 2.09. The maximum Gasteiger partial charge on any atom is 0.243 e. The Morgan fingerprint density at radius 2 is 1.88 bits per heavy atom. The van der Waals surface area contributed by atoms with Crippen molar-refractivity contribution in [2.45, 2.75) is 33.6 Å². The van der Waals surface area contributed by atoms with E-state index >= 15 is 0 Å². The first-order valence-corrected chi connectivity index (χ1v) is 8.58. The lowest BCUT2D eigenvalue weighted by Gasteiger charge is -2.24. The van der Waals surface area contributed by atoms with Crippen LogP contribution in [0.2, 0.25) is 0 Å². The van der Waals surface area contributed by atoms with Crippen LogP contribution in [0.5, 0.6) is 0 Å². The standard InChI is InChI=1S/C19H32N4O2/c1-8-16(4)18(13-12-17(5)23(24)25)20-19(9-2)22(10-3)15-11-14-21(6)7/h9,12-13H,2,4,8,10-11,14-15H2,1,3,5-7H3/b17-12+,18-13+,20-19?. The van der Waals surface area contributed by atoms with Gasteiger partial charge in [0.1, 0.15) is 5.84 Å². The van der Waals surface area contributed by atoms with Crippen LogP contribution in [-0.4, -0.2) is 54.3 Å². The third-order valence-corrected chi connectivity index (χ3v) is 3.72. The predicted octanol–water partition coefficient (Wildman–Crippen LogP) is 3.88. The topological polar surface area (TPSA) is 62.0 Å². The number of aliphatic imine (C=N–C) groups is 1. The van der Waals surface area contributed by atoms with E-state index in [1.807, 2.05) is 6.92 Å². The molecule has 0 spiro atoms. The fourth-order valence-corrected chi connectivity index (χ4v) is 2.06. The summed E-state index contributed by atoms with van der Waals surface area (Å²) in [5.41, 5.74) is 1.54. The van der Waals surface area contributed by atoms with E-state index in [9.17, 15) is 10.1 Å². The first-order valence-electron chi connectivity index (χ1n) is 8.58. The van der Waals surface area contributed by atoms with Gasteiger partial charge in [-0.2, -0.15) is 0 Å². The van der Waals surface area contributed by atoms with Gasteiger partial charge in [0.2, 0.25) is 5.70 Å². The van der Waals surface area contributed by atoms with Crippen molar-refractivity contribution in [1.82, 2.24) is 9.80 Å². The van der Waals surface area contributed by atoms with E-state index in [0.29, 0.717) is 5.70 Å². The molecule has 0 aromatic heterocycles. The molecule has 140 valence electrons. The van der Waals surface area contributed by atoms with Gasteiger partial charge in [0, 0.05) is 26.1 Å². The Morgan fingerprint density at radius 3 is 2.32 bits per heavy atom. The zero-order valence-corrected chi connectivity index (χ0v) is 16.3. The van der Waals surface area contributed by atoms with Gasteiger partial charge in [0.05, 0.1) is 10.6 Å². The van der Waals surface area contributed by atoms with Crippen molar-refractivity contribution in [3.05, 3.63) is 58.5 Å². The lowest BCUT2D eigenvalue weighted by Crippen LogP contribution is -2.32. The molecule has 0 N–H and O–H groups in total. The number of hydrogen-bond donors (Lipinski definition) is 0. The maximum absolute atomic E-state index is 10.8. The van der Waals surface area contributed by atoms with E-state index in [1.165, 1.54) is 13.0 Å². The molecule has 6 heteroatoms. The van der Waals surface area contributed by atoms with E-state index in [1.54, 1.807) is 12.2 Å². The molecule has 0 bridgehead atoms. The summed E-state index contributed by atoms with van der Waals surface area (Å²) >= 11 is 0. The third kappa shape index (κ3) is 9.00. The Hall–Kier alpha value is -2.21. The number of allylic oxidation sites excluding steroid dienone is 4. The molecule has 0 saturated heterocycles. The van der Waals surface area contributed by atoms with Crippen LogP contribution in [0.1, 0.15) is 33.6 Å².